The van der Waals surface area contributed by atoms with E-state index in [1.54, 1.807) is 4.57 Å². The summed E-state index contributed by atoms with van der Waals surface area (Å²) in [6, 6.07) is 23.3. The maximum Gasteiger partial charge on any atom is 0.266 e. The average molecular weight is 417 g/mol. The fourth-order valence-electron chi connectivity index (χ4n) is 3.01. The van der Waals surface area contributed by atoms with Crippen LogP contribution in [0.25, 0.3) is 28.7 Å². The van der Waals surface area contributed by atoms with Gasteiger partial charge in [-0.3, -0.25) is 9.36 Å². The van der Waals surface area contributed by atoms with Gasteiger partial charge >= 0.3 is 0 Å². The van der Waals surface area contributed by atoms with Gasteiger partial charge in [0.25, 0.3) is 5.56 Å². The fourth-order valence-corrected chi connectivity index (χ4v) is 3.26. The smallest absolute Gasteiger partial charge is 0.266 e. The number of halogens is 1. The van der Waals surface area contributed by atoms with E-state index in [4.69, 9.17) is 4.98 Å². The van der Waals surface area contributed by atoms with E-state index in [1.165, 1.54) is 0 Å². The minimum atomic E-state index is -0.0740. The molecule has 3 aromatic carbocycles. The van der Waals surface area contributed by atoms with Crippen molar-refractivity contribution in [2.75, 3.05) is 0 Å². The number of fused-ring (bicyclic) bond motifs is 1. The van der Waals surface area contributed by atoms with Crippen LogP contribution in [-0.2, 0) is 0 Å². The van der Waals surface area contributed by atoms with Crippen LogP contribution < -0.4 is 5.56 Å². The summed E-state index contributed by atoms with van der Waals surface area (Å²) in [6.45, 7) is 2.01. The van der Waals surface area contributed by atoms with Gasteiger partial charge in [0.05, 0.1) is 16.6 Å². The van der Waals surface area contributed by atoms with E-state index in [1.807, 2.05) is 91.9 Å². The van der Waals surface area contributed by atoms with Crippen LogP contribution in [0.4, 0.5) is 0 Å². The van der Waals surface area contributed by atoms with Crippen molar-refractivity contribution in [2.45, 2.75) is 6.92 Å². The first-order valence-corrected chi connectivity index (χ1v) is 9.44. The van der Waals surface area contributed by atoms with Crippen LogP contribution in [0.1, 0.15) is 17.0 Å². The number of hydrogen-bond donors (Lipinski definition) is 0. The van der Waals surface area contributed by atoms with Gasteiger partial charge in [-0.05, 0) is 54.5 Å². The van der Waals surface area contributed by atoms with Crippen molar-refractivity contribution in [1.82, 2.24) is 9.55 Å². The Labute approximate surface area is 165 Å². The highest BCUT2D eigenvalue weighted by atomic mass is 79.9. The Morgan fingerprint density at radius 3 is 2.44 bits per heavy atom. The molecular formula is C23H17BrN2O. The van der Waals surface area contributed by atoms with Crippen LogP contribution in [0, 0.1) is 6.92 Å². The zero-order valence-electron chi connectivity index (χ0n) is 14.8. The van der Waals surface area contributed by atoms with E-state index in [0.29, 0.717) is 16.7 Å². The number of para-hydroxylation sites is 1. The third-order valence-corrected chi connectivity index (χ3v) is 5.32. The molecule has 4 rings (SSSR count). The summed E-state index contributed by atoms with van der Waals surface area (Å²) in [7, 11) is 0. The summed E-state index contributed by atoms with van der Waals surface area (Å²) in [5, 5.41) is 0.606. The van der Waals surface area contributed by atoms with Gasteiger partial charge in [-0.15, -0.1) is 0 Å². The summed E-state index contributed by atoms with van der Waals surface area (Å²) in [6.07, 6.45) is 3.86. The molecule has 3 nitrogen and oxygen atoms in total. The highest BCUT2D eigenvalue weighted by molar-refractivity contribution is 9.10. The Bertz CT molecular complexity index is 1210. The first-order valence-electron chi connectivity index (χ1n) is 8.65. The Morgan fingerprint density at radius 1 is 0.926 bits per heavy atom. The molecule has 0 saturated heterocycles. The predicted molar refractivity (Wildman–Crippen MR) is 115 cm³/mol. The summed E-state index contributed by atoms with van der Waals surface area (Å²) < 4.78 is 2.68. The van der Waals surface area contributed by atoms with Crippen molar-refractivity contribution in [1.29, 1.82) is 0 Å². The van der Waals surface area contributed by atoms with Gasteiger partial charge in [-0.2, -0.15) is 0 Å². The molecule has 0 fully saturated rings. The first kappa shape index (κ1) is 17.4. The molecule has 0 aliphatic rings. The highest BCUT2D eigenvalue weighted by Gasteiger charge is 2.11. The molecule has 0 spiro atoms. The van der Waals surface area contributed by atoms with Gasteiger partial charge in [-0.25, -0.2) is 4.98 Å². The quantitative estimate of drug-likeness (QED) is 0.433. The van der Waals surface area contributed by atoms with Crippen LogP contribution in [0.2, 0.25) is 0 Å². The molecule has 0 N–H and O–H groups in total. The Hall–Kier alpha value is -2.98. The zero-order chi connectivity index (χ0) is 18.8. The lowest BCUT2D eigenvalue weighted by Crippen LogP contribution is -2.22. The van der Waals surface area contributed by atoms with Crippen molar-refractivity contribution >= 4 is 39.0 Å². The maximum atomic E-state index is 13.2. The molecule has 0 amide bonds. The first-order chi connectivity index (χ1) is 13.1. The molecule has 0 radical (unpaired) electrons. The van der Waals surface area contributed by atoms with Crippen LogP contribution >= 0.6 is 15.9 Å². The predicted octanol–water partition coefficient (Wildman–Crippen LogP) is 5.63. The Morgan fingerprint density at radius 2 is 1.67 bits per heavy atom. The molecule has 0 unspecified atom stereocenters. The maximum absolute atomic E-state index is 13.2. The van der Waals surface area contributed by atoms with E-state index in [2.05, 4.69) is 15.9 Å². The Kier molecular flexibility index (Phi) is 4.73. The molecule has 0 aliphatic carbocycles. The highest BCUT2D eigenvalue weighted by Crippen LogP contribution is 2.21. The lowest BCUT2D eigenvalue weighted by atomic mass is 10.2. The standard InChI is InChI=1S/C23H17BrN2O/c1-16-15-18(12-13-20(16)24)26-22(14-11-17-7-3-2-4-8-17)25-21-10-6-5-9-19(21)23(26)27/h2-15H,1H3/b14-11+. The molecule has 132 valence electrons. The number of benzene rings is 3. The van der Waals surface area contributed by atoms with Crippen molar-refractivity contribution < 1.29 is 0 Å². The van der Waals surface area contributed by atoms with Gasteiger partial charge in [-0.1, -0.05) is 64.5 Å². The van der Waals surface area contributed by atoms with E-state index in [9.17, 15) is 4.79 Å². The summed E-state index contributed by atoms with van der Waals surface area (Å²) in [4.78, 5) is 18.0. The van der Waals surface area contributed by atoms with Crippen molar-refractivity contribution in [3.8, 4) is 5.69 Å². The fraction of sp³-hybridized carbons (Fsp3) is 0.0435. The van der Waals surface area contributed by atoms with Gasteiger partial charge in [0.2, 0.25) is 0 Å². The molecule has 0 atom stereocenters. The van der Waals surface area contributed by atoms with Crippen molar-refractivity contribution in [3.63, 3.8) is 0 Å². The third-order valence-electron chi connectivity index (χ3n) is 4.43. The average Bonchev–Trinajstić information content (AvgIpc) is 2.70. The lowest BCUT2D eigenvalue weighted by Gasteiger charge is -2.12. The molecular weight excluding hydrogens is 400 g/mol. The van der Waals surface area contributed by atoms with Crippen molar-refractivity contribution in [2.24, 2.45) is 0 Å². The second-order valence-corrected chi connectivity index (χ2v) is 7.16. The second kappa shape index (κ2) is 7.33. The van der Waals surface area contributed by atoms with Gasteiger partial charge in [0.15, 0.2) is 0 Å². The largest absolute Gasteiger partial charge is 0.268 e. The topological polar surface area (TPSA) is 34.9 Å². The molecule has 4 aromatic rings. The second-order valence-electron chi connectivity index (χ2n) is 6.31. The zero-order valence-corrected chi connectivity index (χ0v) is 16.3. The molecule has 0 bridgehead atoms. The molecule has 1 aromatic heterocycles. The van der Waals surface area contributed by atoms with Crippen LogP contribution in [0.5, 0.6) is 0 Å². The molecule has 0 aliphatic heterocycles. The van der Waals surface area contributed by atoms with Crippen LogP contribution in [0.3, 0.4) is 0 Å². The normalized spacial score (nSPS) is 11.3. The van der Waals surface area contributed by atoms with E-state index < -0.39 is 0 Å². The Balaban J connectivity index is 1.97. The number of rotatable bonds is 3. The van der Waals surface area contributed by atoms with Crippen LogP contribution in [-0.4, -0.2) is 9.55 Å². The number of nitrogens with zero attached hydrogens (tertiary/aromatic N) is 2. The molecule has 27 heavy (non-hydrogen) atoms. The molecule has 4 heteroatoms. The molecule has 1 heterocycles. The monoisotopic (exact) mass is 416 g/mol. The summed E-state index contributed by atoms with van der Waals surface area (Å²) in [5.41, 5.74) is 3.53. The van der Waals surface area contributed by atoms with Gasteiger partial charge < -0.3 is 0 Å². The van der Waals surface area contributed by atoms with Gasteiger partial charge in [0.1, 0.15) is 5.82 Å². The summed E-state index contributed by atoms with van der Waals surface area (Å²) >= 11 is 3.52. The van der Waals surface area contributed by atoms with Crippen molar-refractivity contribution in [3.05, 3.63) is 105 Å². The molecule has 0 saturated carbocycles. The van der Waals surface area contributed by atoms with E-state index >= 15 is 0 Å². The third kappa shape index (κ3) is 3.49. The minimum Gasteiger partial charge on any atom is -0.268 e. The SMILES string of the molecule is Cc1cc(-n2c(/C=C/c3ccccc3)nc3ccccc3c2=O)ccc1Br. The lowest BCUT2D eigenvalue weighted by molar-refractivity contribution is 0.941. The number of aromatic nitrogens is 2. The van der Waals surface area contributed by atoms with Crippen LogP contribution in [0.15, 0.2) is 82.1 Å². The number of hydrogen-bond acceptors (Lipinski definition) is 2. The van der Waals surface area contributed by atoms with E-state index in [-0.39, 0.29) is 5.56 Å². The van der Waals surface area contributed by atoms with E-state index in [0.717, 1.165) is 21.3 Å². The minimum absolute atomic E-state index is 0.0740. The van der Waals surface area contributed by atoms with Gasteiger partial charge in [0, 0.05) is 4.47 Å². The number of aryl methyl sites for hydroxylation is 1. The summed E-state index contributed by atoms with van der Waals surface area (Å²) in [5.74, 6) is 0.601.